The molecule has 1 aromatic carbocycles. The van der Waals surface area contributed by atoms with Gasteiger partial charge >= 0.3 is 0 Å². The maximum absolute atomic E-state index is 13.4. The molecule has 1 unspecified atom stereocenters. The van der Waals surface area contributed by atoms with Crippen LogP contribution >= 0.6 is 0 Å². The molecule has 6 heteroatoms. The number of hydrogen-bond donors (Lipinski definition) is 1. The van der Waals surface area contributed by atoms with E-state index >= 15 is 0 Å². The summed E-state index contributed by atoms with van der Waals surface area (Å²) in [5.74, 6) is 0.800. The van der Waals surface area contributed by atoms with Crippen molar-refractivity contribution in [3.63, 3.8) is 0 Å². The zero-order valence-electron chi connectivity index (χ0n) is 17.1. The Labute approximate surface area is 170 Å². The summed E-state index contributed by atoms with van der Waals surface area (Å²) in [7, 11) is 1.64. The molecule has 3 heterocycles. The van der Waals surface area contributed by atoms with Crippen molar-refractivity contribution < 1.29 is 9.53 Å². The normalized spacial score (nSPS) is 16.7. The average Bonchev–Trinajstić information content (AvgIpc) is 2.74. The number of carbonyl (C=O) groups is 1. The first-order valence-electron chi connectivity index (χ1n) is 10.0. The first kappa shape index (κ1) is 19.2. The summed E-state index contributed by atoms with van der Waals surface area (Å²) in [6, 6.07) is 11.8. The number of amides is 1. The number of piperidine rings is 1. The van der Waals surface area contributed by atoms with Gasteiger partial charge in [0.05, 0.1) is 18.4 Å². The number of likely N-dealkylation sites (tertiary alicyclic amines) is 1. The van der Waals surface area contributed by atoms with Crippen molar-refractivity contribution in [1.82, 2.24) is 14.9 Å². The number of nitrogens with zero attached hydrogens (tertiary/aromatic N) is 3. The molecule has 0 bridgehead atoms. The van der Waals surface area contributed by atoms with E-state index in [4.69, 9.17) is 4.74 Å². The predicted octanol–water partition coefficient (Wildman–Crippen LogP) is 4.71. The molecule has 1 saturated heterocycles. The summed E-state index contributed by atoms with van der Waals surface area (Å²) in [5.41, 5.74) is 3.72. The Morgan fingerprint density at radius 3 is 2.69 bits per heavy atom. The second-order valence-corrected chi connectivity index (χ2v) is 7.57. The molecule has 29 heavy (non-hydrogen) atoms. The molecule has 1 amide bonds. The molecule has 1 aliphatic heterocycles. The molecule has 6 nitrogen and oxygen atoms in total. The summed E-state index contributed by atoms with van der Waals surface area (Å²) < 4.78 is 5.25. The van der Waals surface area contributed by atoms with Crippen molar-refractivity contribution in [2.24, 2.45) is 0 Å². The number of rotatable bonds is 4. The van der Waals surface area contributed by atoms with Gasteiger partial charge in [0.25, 0.3) is 5.91 Å². The predicted molar refractivity (Wildman–Crippen MR) is 115 cm³/mol. The van der Waals surface area contributed by atoms with E-state index in [1.54, 1.807) is 13.3 Å². The summed E-state index contributed by atoms with van der Waals surface area (Å²) >= 11 is 0. The molecule has 150 valence electrons. The Bertz CT molecular complexity index is 1030. The van der Waals surface area contributed by atoms with Gasteiger partial charge in [-0.3, -0.25) is 4.79 Å². The molecule has 0 spiro atoms. The van der Waals surface area contributed by atoms with E-state index in [2.05, 4.69) is 22.2 Å². The van der Waals surface area contributed by atoms with Crippen LogP contribution in [-0.2, 0) is 0 Å². The lowest BCUT2D eigenvalue weighted by Crippen LogP contribution is -2.42. The highest BCUT2D eigenvalue weighted by Gasteiger charge is 2.27. The van der Waals surface area contributed by atoms with Crippen molar-refractivity contribution in [1.29, 1.82) is 0 Å². The van der Waals surface area contributed by atoms with Gasteiger partial charge in [-0.2, -0.15) is 0 Å². The highest BCUT2D eigenvalue weighted by Crippen LogP contribution is 2.31. The fourth-order valence-corrected chi connectivity index (χ4v) is 3.84. The number of methoxy groups -OCH3 is 1. The number of fused-ring (bicyclic) bond motifs is 1. The van der Waals surface area contributed by atoms with Crippen LogP contribution in [0.4, 0.5) is 11.4 Å². The van der Waals surface area contributed by atoms with Gasteiger partial charge in [0.1, 0.15) is 5.75 Å². The summed E-state index contributed by atoms with van der Waals surface area (Å²) in [6.07, 6.45) is 4.90. The van der Waals surface area contributed by atoms with Gasteiger partial charge in [-0.15, -0.1) is 0 Å². The molecule has 1 fully saturated rings. The number of hydrogen-bond acceptors (Lipinski definition) is 5. The van der Waals surface area contributed by atoms with E-state index in [-0.39, 0.29) is 11.9 Å². The molecular formula is C23H26N4O2. The van der Waals surface area contributed by atoms with E-state index in [9.17, 15) is 4.79 Å². The fraction of sp³-hybridized carbons (Fsp3) is 0.348. The summed E-state index contributed by atoms with van der Waals surface area (Å²) in [5, 5.41) is 4.27. The smallest absolute Gasteiger partial charge is 0.257 e. The molecule has 1 atom stereocenters. The van der Waals surface area contributed by atoms with Crippen LogP contribution < -0.4 is 10.1 Å². The molecule has 0 aliphatic carbocycles. The van der Waals surface area contributed by atoms with Crippen molar-refractivity contribution in [2.45, 2.75) is 39.2 Å². The molecule has 2 aromatic heterocycles. The van der Waals surface area contributed by atoms with Crippen molar-refractivity contribution >= 4 is 28.3 Å². The Balaban J connectivity index is 1.79. The summed E-state index contributed by atoms with van der Waals surface area (Å²) in [4.78, 5) is 24.4. The Morgan fingerprint density at radius 1 is 1.17 bits per heavy atom. The second kappa shape index (κ2) is 8.07. The third kappa shape index (κ3) is 3.88. The van der Waals surface area contributed by atoms with E-state index in [1.165, 1.54) is 6.42 Å². The van der Waals surface area contributed by atoms with Gasteiger partial charge in [-0.25, -0.2) is 9.97 Å². The zero-order chi connectivity index (χ0) is 20.4. The maximum Gasteiger partial charge on any atom is 0.257 e. The third-order valence-electron chi connectivity index (χ3n) is 5.52. The molecule has 1 aliphatic rings. The first-order valence-corrected chi connectivity index (χ1v) is 10.0. The van der Waals surface area contributed by atoms with Crippen LogP contribution in [-0.4, -0.2) is 40.5 Å². The van der Waals surface area contributed by atoms with Crippen molar-refractivity contribution in [3.05, 3.63) is 53.9 Å². The first-order chi connectivity index (χ1) is 14.1. The highest BCUT2D eigenvalue weighted by molar-refractivity contribution is 6.07. The van der Waals surface area contributed by atoms with E-state index in [0.717, 1.165) is 47.6 Å². The Kier molecular flexibility index (Phi) is 5.34. The van der Waals surface area contributed by atoms with Crippen LogP contribution in [0.1, 0.15) is 42.2 Å². The monoisotopic (exact) mass is 390 g/mol. The molecule has 0 radical (unpaired) electrons. The zero-order valence-corrected chi connectivity index (χ0v) is 17.1. The molecule has 3 aromatic rings. The number of nitrogens with one attached hydrogen (secondary N) is 1. The number of anilines is 2. The van der Waals surface area contributed by atoms with E-state index in [0.29, 0.717) is 11.2 Å². The van der Waals surface area contributed by atoms with Crippen LogP contribution in [0.2, 0.25) is 0 Å². The highest BCUT2D eigenvalue weighted by atomic mass is 16.5. The molecule has 0 saturated carbocycles. The number of carbonyl (C=O) groups excluding carboxylic acids is 1. The van der Waals surface area contributed by atoms with Crippen LogP contribution in [0.25, 0.3) is 11.0 Å². The number of benzene rings is 1. The number of aryl methyl sites for hydroxylation is 1. The molecule has 4 rings (SSSR count). The lowest BCUT2D eigenvalue weighted by Gasteiger charge is -2.34. The molecular weight excluding hydrogens is 364 g/mol. The topological polar surface area (TPSA) is 67.3 Å². The van der Waals surface area contributed by atoms with Crippen molar-refractivity contribution in [2.75, 3.05) is 19.0 Å². The minimum Gasteiger partial charge on any atom is -0.497 e. The second-order valence-electron chi connectivity index (χ2n) is 7.57. The lowest BCUT2D eigenvalue weighted by molar-refractivity contribution is 0.0636. The summed E-state index contributed by atoms with van der Waals surface area (Å²) in [6.45, 7) is 4.84. The van der Waals surface area contributed by atoms with Gasteiger partial charge < -0.3 is 15.0 Å². The average molecular weight is 390 g/mol. The molecule has 1 N–H and O–H groups in total. The minimum absolute atomic E-state index is 0.0168. The third-order valence-corrected chi connectivity index (χ3v) is 5.52. The Hall–Kier alpha value is -3.15. The van der Waals surface area contributed by atoms with Gasteiger partial charge in [0.15, 0.2) is 5.65 Å². The number of ether oxygens (including phenoxy) is 1. The number of pyridine rings is 2. The van der Waals surface area contributed by atoms with Gasteiger partial charge in [-0.05, 0) is 69.5 Å². The SMILES string of the molecule is COc1ccc(Nc2c(C(=O)N3CCCCC3C)cnc3nc(C)ccc23)cc1. The van der Waals surface area contributed by atoms with Crippen LogP contribution in [0.15, 0.2) is 42.6 Å². The quantitative estimate of drug-likeness (QED) is 0.699. The maximum atomic E-state index is 13.4. The van der Waals surface area contributed by atoms with E-state index in [1.807, 2.05) is 48.2 Å². The van der Waals surface area contributed by atoms with Crippen molar-refractivity contribution in [3.8, 4) is 5.75 Å². The largest absolute Gasteiger partial charge is 0.497 e. The van der Waals surface area contributed by atoms with Crippen LogP contribution in [0, 0.1) is 6.92 Å². The van der Waals surface area contributed by atoms with Crippen LogP contribution in [0.3, 0.4) is 0 Å². The Morgan fingerprint density at radius 2 is 1.97 bits per heavy atom. The van der Waals surface area contributed by atoms with Gasteiger partial charge in [0.2, 0.25) is 0 Å². The van der Waals surface area contributed by atoms with E-state index < -0.39 is 0 Å². The van der Waals surface area contributed by atoms with Crippen LogP contribution in [0.5, 0.6) is 5.75 Å². The fourth-order valence-electron chi connectivity index (χ4n) is 3.84. The van der Waals surface area contributed by atoms with Gasteiger partial charge in [-0.1, -0.05) is 0 Å². The minimum atomic E-state index is 0.0168. The number of aromatic nitrogens is 2. The standard InChI is InChI=1S/C23H26N4O2/c1-15-7-12-19-21(26-17-8-10-18(29-3)11-9-17)20(14-24-22(19)25-15)23(28)27-13-5-4-6-16(27)2/h7-12,14,16H,4-6,13H2,1-3H3,(H,24,25,26). The lowest BCUT2D eigenvalue weighted by atomic mass is 10.0. The van der Waals surface area contributed by atoms with Gasteiger partial charge in [0, 0.05) is 35.6 Å².